The lowest BCUT2D eigenvalue weighted by atomic mass is 9.82. The summed E-state index contributed by atoms with van der Waals surface area (Å²) >= 11 is 0. The van der Waals surface area contributed by atoms with E-state index in [-0.39, 0.29) is 36.2 Å². The van der Waals surface area contributed by atoms with E-state index in [1.54, 1.807) is 18.2 Å². The first-order valence-electron chi connectivity index (χ1n) is 9.49. The molecule has 0 spiro atoms. The van der Waals surface area contributed by atoms with Crippen LogP contribution in [0.2, 0.25) is 0 Å². The fraction of sp³-hybridized carbons (Fsp3) is 0.476. The highest BCUT2D eigenvalue weighted by atomic mass is 16.4. The standard InChI is InChI=1S/C21H26N2O4/c1-3-12(2)23-19(24)16-6-4-5-13(9-16)11-22-20(25)17-14-7-8-15(10-14)18(17)21(26)27/h4-9,12,14-15,17-18H,3,10-11H2,1-2H3,(H,22,25)(H,23,24)(H,26,27). The summed E-state index contributed by atoms with van der Waals surface area (Å²) in [7, 11) is 0. The number of allylic oxidation sites excluding steroid dienone is 2. The number of hydrogen-bond acceptors (Lipinski definition) is 3. The molecule has 144 valence electrons. The number of hydrogen-bond donors (Lipinski definition) is 3. The topological polar surface area (TPSA) is 95.5 Å². The molecule has 0 radical (unpaired) electrons. The summed E-state index contributed by atoms with van der Waals surface area (Å²) in [5.41, 5.74) is 1.36. The maximum atomic E-state index is 12.6. The Kier molecular flexibility index (Phi) is 5.63. The highest BCUT2D eigenvalue weighted by Crippen LogP contribution is 2.48. The number of benzene rings is 1. The van der Waals surface area contributed by atoms with E-state index in [4.69, 9.17) is 0 Å². The first kappa shape index (κ1) is 19.1. The predicted molar refractivity (Wildman–Crippen MR) is 101 cm³/mol. The Morgan fingerprint density at radius 1 is 1.19 bits per heavy atom. The highest BCUT2D eigenvalue weighted by molar-refractivity contribution is 5.94. The largest absolute Gasteiger partial charge is 0.481 e. The molecule has 0 aliphatic heterocycles. The Labute approximate surface area is 159 Å². The van der Waals surface area contributed by atoms with Gasteiger partial charge in [-0.25, -0.2) is 0 Å². The normalized spacial score (nSPS) is 26.6. The van der Waals surface area contributed by atoms with Crippen molar-refractivity contribution in [2.45, 2.75) is 39.3 Å². The van der Waals surface area contributed by atoms with Gasteiger partial charge in [-0.3, -0.25) is 14.4 Å². The molecule has 1 aromatic carbocycles. The number of nitrogens with one attached hydrogen (secondary N) is 2. The van der Waals surface area contributed by atoms with Gasteiger partial charge in [0.2, 0.25) is 5.91 Å². The van der Waals surface area contributed by atoms with E-state index in [0.717, 1.165) is 18.4 Å². The summed E-state index contributed by atoms with van der Waals surface area (Å²) in [4.78, 5) is 36.4. The molecule has 3 rings (SSSR count). The Bertz CT molecular complexity index is 773. The monoisotopic (exact) mass is 370 g/mol. The zero-order chi connectivity index (χ0) is 19.6. The van der Waals surface area contributed by atoms with Gasteiger partial charge < -0.3 is 15.7 Å². The smallest absolute Gasteiger partial charge is 0.307 e. The van der Waals surface area contributed by atoms with Gasteiger partial charge >= 0.3 is 5.97 Å². The van der Waals surface area contributed by atoms with Gasteiger partial charge in [0.15, 0.2) is 0 Å². The molecule has 1 saturated carbocycles. The molecule has 1 aromatic rings. The van der Waals surface area contributed by atoms with Gasteiger partial charge in [0, 0.05) is 18.2 Å². The second-order valence-corrected chi connectivity index (χ2v) is 7.54. The Morgan fingerprint density at radius 3 is 2.56 bits per heavy atom. The average Bonchev–Trinajstić information content (AvgIpc) is 3.27. The van der Waals surface area contributed by atoms with E-state index in [1.807, 2.05) is 32.1 Å². The first-order chi connectivity index (χ1) is 12.9. The van der Waals surface area contributed by atoms with E-state index in [9.17, 15) is 19.5 Å². The summed E-state index contributed by atoms with van der Waals surface area (Å²) < 4.78 is 0. The van der Waals surface area contributed by atoms with Crippen molar-refractivity contribution in [1.29, 1.82) is 0 Å². The number of rotatable bonds is 7. The van der Waals surface area contributed by atoms with E-state index in [0.29, 0.717) is 5.56 Å². The van der Waals surface area contributed by atoms with Crippen molar-refractivity contribution < 1.29 is 19.5 Å². The maximum Gasteiger partial charge on any atom is 0.307 e. The summed E-state index contributed by atoms with van der Waals surface area (Å²) in [5, 5.41) is 15.3. The molecule has 2 aliphatic rings. The molecule has 2 amide bonds. The van der Waals surface area contributed by atoms with Crippen LogP contribution in [0.1, 0.15) is 42.6 Å². The van der Waals surface area contributed by atoms with Crippen LogP contribution in [0, 0.1) is 23.7 Å². The van der Waals surface area contributed by atoms with Crippen LogP contribution < -0.4 is 10.6 Å². The predicted octanol–water partition coefficient (Wildman–Crippen LogP) is 2.35. The number of carbonyl (C=O) groups excluding carboxylic acids is 2. The number of carboxylic acids is 1. The van der Waals surface area contributed by atoms with Crippen LogP contribution in [0.5, 0.6) is 0 Å². The van der Waals surface area contributed by atoms with Crippen LogP contribution in [-0.2, 0) is 16.1 Å². The van der Waals surface area contributed by atoms with Crippen LogP contribution in [0.4, 0.5) is 0 Å². The Balaban J connectivity index is 1.62. The van der Waals surface area contributed by atoms with Crippen molar-refractivity contribution >= 4 is 17.8 Å². The number of fused-ring (bicyclic) bond motifs is 2. The minimum Gasteiger partial charge on any atom is -0.481 e. The van der Waals surface area contributed by atoms with Gasteiger partial charge in [-0.15, -0.1) is 0 Å². The van der Waals surface area contributed by atoms with Crippen molar-refractivity contribution in [1.82, 2.24) is 10.6 Å². The van der Waals surface area contributed by atoms with Crippen molar-refractivity contribution in [2.75, 3.05) is 0 Å². The summed E-state index contributed by atoms with van der Waals surface area (Å²) in [6.45, 7) is 4.23. The van der Waals surface area contributed by atoms with Crippen molar-refractivity contribution in [2.24, 2.45) is 23.7 Å². The minimum absolute atomic E-state index is 0.00347. The van der Waals surface area contributed by atoms with Crippen LogP contribution in [0.3, 0.4) is 0 Å². The molecule has 27 heavy (non-hydrogen) atoms. The molecule has 0 heterocycles. The van der Waals surface area contributed by atoms with Gasteiger partial charge in [-0.05, 0) is 49.3 Å². The molecule has 0 aromatic heterocycles. The van der Waals surface area contributed by atoms with E-state index < -0.39 is 17.8 Å². The van der Waals surface area contributed by atoms with Gasteiger partial charge in [0.25, 0.3) is 5.91 Å². The lowest BCUT2D eigenvalue weighted by Crippen LogP contribution is -2.39. The number of amides is 2. The molecular weight excluding hydrogens is 344 g/mol. The second kappa shape index (κ2) is 7.94. The molecular formula is C21H26N2O4. The molecule has 2 bridgehead atoms. The molecule has 2 aliphatic carbocycles. The number of aliphatic carboxylic acids is 1. The highest BCUT2D eigenvalue weighted by Gasteiger charge is 2.51. The van der Waals surface area contributed by atoms with Gasteiger partial charge in [-0.2, -0.15) is 0 Å². The zero-order valence-electron chi connectivity index (χ0n) is 15.6. The van der Waals surface area contributed by atoms with Crippen LogP contribution >= 0.6 is 0 Å². The van der Waals surface area contributed by atoms with Crippen LogP contribution in [-0.4, -0.2) is 28.9 Å². The quantitative estimate of drug-likeness (QED) is 0.642. The SMILES string of the molecule is CCC(C)NC(=O)c1cccc(CNC(=O)C2C3C=CC(C3)C2C(=O)O)c1. The summed E-state index contributed by atoms with van der Waals surface area (Å²) in [5.74, 6) is -2.48. The molecule has 6 heteroatoms. The van der Waals surface area contributed by atoms with Gasteiger partial charge in [0.05, 0.1) is 11.8 Å². The van der Waals surface area contributed by atoms with Gasteiger partial charge in [-0.1, -0.05) is 31.2 Å². The zero-order valence-corrected chi connectivity index (χ0v) is 15.6. The van der Waals surface area contributed by atoms with Crippen molar-refractivity contribution in [3.05, 3.63) is 47.5 Å². The molecule has 1 fully saturated rings. The number of carboxylic acid groups (broad SMARTS) is 1. The molecule has 3 N–H and O–H groups in total. The van der Waals surface area contributed by atoms with Gasteiger partial charge in [0.1, 0.15) is 0 Å². The molecule has 6 nitrogen and oxygen atoms in total. The Hall–Kier alpha value is -2.63. The lowest BCUT2D eigenvalue weighted by Gasteiger charge is -2.23. The fourth-order valence-corrected chi connectivity index (χ4v) is 4.06. The maximum absolute atomic E-state index is 12.6. The van der Waals surface area contributed by atoms with E-state index in [2.05, 4.69) is 10.6 Å². The van der Waals surface area contributed by atoms with Crippen LogP contribution in [0.15, 0.2) is 36.4 Å². The number of carbonyl (C=O) groups is 3. The minimum atomic E-state index is -0.907. The molecule has 5 unspecified atom stereocenters. The molecule has 0 saturated heterocycles. The average molecular weight is 370 g/mol. The summed E-state index contributed by atoms with van der Waals surface area (Å²) in [6, 6.07) is 7.22. The van der Waals surface area contributed by atoms with Crippen molar-refractivity contribution in [3.8, 4) is 0 Å². The third-order valence-corrected chi connectivity index (χ3v) is 5.69. The van der Waals surface area contributed by atoms with Crippen molar-refractivity contribution in [3.63, 3.8) is 0 Å². The molecule has 5 atom stereocenters. The third kappa shape index (κ3) is 4.04. The Morgan fingerprint density at radius 2 is 1.89 bits per heavy atom. The third-order valence-electron chi connectivity index (χ3n) is 5.69. The lowest BCUT2D eigenvalue weighted by molar-refractivity contribution is -0.147. The van der Waals surface area contributed by atoms with Crippen LogP contribution in [0.25, 0.3) is 0 Å². The summed E-state index contributed by atoms with van der Waals surface area (Å²) in [6.07, 6.45) is 5.48. The first-order valence-corrected chi connectivity index (χ1v) is 9.49. The van der Waals surface area contributed by atoms with E-state index >= 15 is 0 Å². The van der Waals surface area contributed by atoms with E-state index in [1.165, 1.54) is 0 Å². The fourth-order valence-electron chi connectivity index (χ4n) is 4.06. The second-order valence-electron chi connectivity index (χ2n) is 7.54.